The Morgan fingerprint density at radius 1 is 1.10 bits per heavy atom. The molecule has 0 fully saturated rings. The van der Waals surface area contributed by atoms with Gasteiger partial charge in [0.25, 0.3) is 0 Å². The van der Waals surface area contributed by atoms with Gasteiger partial charge in [0.15, 0.2) is 11.5 Å². The molecule has 29 heavy (non-hydrogen) atoms. The summed E-state index contributed by atoms with van der Waals surface area (Å²) < 4.78 is 18.1. The minimum atomic E-state index is -0.180. The van der Waals surface area contributed by atoms with Crippen molar-refractivity contribution in [1.29, 1.82) is 0 Å². The van der Waals surface area contributed by atoms with Gasteiger partial charge >= 0.3 is 0 Å². The molecule has 0 saturated heterocycles. The number of aryl methyl sites for hydroxylation is 1. The molecule has 1 amide bonds. The van der Waals surface area contributed by atoms with Gasteiger partial charge in [0.1, 0.15) is 5.82 Å². The second-order valence-corrected chi connectivity index (χ2v) is 6.38. The van der Waals surface area contributed by atoms with E-state index in [1.54, 1.807) is 39.5 Å². The van der Waals surface area contributed by atoms with Crippen molar-refractivity contribution in [3.63, 3.8) is 0 Å². The Hall–Kier alpha value is -3.48. The molecule has 1 heterocycles. The van der Waals surface area contributed by atoms with Gasteiger partial charge in [-0.15, -0.1) is 0 Å². The van der Waals surface area contributed by atoms with Crippen molar-refractivity contribution >= 4 is 23.0 Å². The molecule has 0 aliphatic heterocycles. The number of carbonyl (C=O) groups is 1. The van der Waals surface area contributed by atoms with Crippen molar-refractivity contribution < 1.29 is 19.0 Å². The highest BCUT2D eigenvalue weighted by Gasteiger charge is 2.12. The molecule has 0 spiro atoms. The number of para-hydroxylation sites is 2. The molecule has 0 aliphatic carbocycles. The Labute approximate surface area is 169 Å². The summed E-state index contributed by atoms with van der Waals surface area (Å²) in [7, 11) is 4.66. The normalized spacial score (nSPS) is 11.0. The molecule has 3 rings (SSSR count). The van der Waals surface area contributed by atoms with Crippen LogP contribution >= 0.6 is 0 Å². The Kier molecular flexibility index (Phi) is 6.39. The summed E-state index contributed by atoms with van der Waals surface area (Å²) in [4.78, 5) is 16.8. The molecule has 0 atom stereocenters. The Morgan fingerprint density at radius 2 is 1.79 bits per heavy atom. The van der Waals surface area contributed by atoms with Gasteiger partial charge in [-0.2, -0.15) is 0 Å². The van der Waals surface area contributed by atoms with Crippen LogP contribution in [0.3, 0.4) is 0 Å². The number of rotatable bonds is 8. The SMILES string of the molecule is COc1cc(/C=C\C(=O)NCCn2c(C)nc3ccccc32)cc(OC)c1OC. The molecule has 152 valence electrons. The number of aromatic nitrogens is 2. The molecule has 0 aliphatic rings. The van der Waals surface area contributed by atoms with Crippen LogP contribution in [0.15, 0.2) is 42.5 Å². The minimum Gasteiger partial charge on any atom is -0.493 e. The summed E-state index contributed by atoms with van der Waals surface area (Å²) in [5, 5.41) is 2.90. The standard InChI is InChI=1S/C22H25N3O4/c1-15-24-17-7-5-6-8-18(17)25(15)12-11-23-21(26)10-9-16-13-19(27-2)22(29-4)20(14-16)28-3/h5-10,13-14H,11-12H2,1-4H3,(H,23,26)/b10-9-. The predicted molar refractivity (Wildman–Crippen MR) is 113 cm³/mol. The molecule has 0 radical (unpaired) electrons. The lowest BCUT2D eigenvalue weighted by Crippen LogP contribution is -2.25. The summed E-state index contributed by atoms with van der Waals surface area (Å²) in [6, 6.07) is 11.5. The van der Waals surface area contributed by atoms with Crippen LogP contribution in [0.2, 0.25) is 0 Å². The topological polar surface area (TPSA) is 74.6 Å². The lowest BCUT2D eigenvalue weighted by atomic mass is 10.1. The molecule has 1 aromatic heterocycles. The van der Waals surface area contributed by atoms with Crippen LogP contribution in [0.25, 0.3) is 17.1 Å². The number of carbonyl (C=O) groups excluding carboxylic acids is 1. The smallest absolute Gasteiger partial charge is 0.244 e. The maximum absolute atomic E-state index is 12.2. The van der Waals surface area contributed by atoms with E-state index in [0.29, 0.717) is 30.3 Å². The average Bonchev–Trinajstić information content (AvgIpc) is 3.06. The molecule has 3 aromatic rings. The van der Waals surface area contributed by atoms with E-state index in [9.17, 15) is 4.79 Å². The van der Waals surface area contributed by atoms with E-state index in [1.807, 2.05) is 31.2 Å². The van der Waals surface area contributed by atoms with E-state index in [1.165, 1.54) is 6.08 Å². The summed E-state index contributed by atoms with van der Waals surface area (Å²) in [5.74, 6) is 2.33. The average molecular weight is 395 g/mol. The molecular weight excluding hydrogens is 370 g/mol. The number of imidazole rings is 1. The van der Waals surface area contributed by atoms with Crippen molar-refractivity contribution in [3.05, 3.63) is 53.9 Å². The van der Waals surface area contributed by atoms with Gasteiger partial charge in [-0.25, -0.2) is 4.98 Å². The fraction of sp³-hybridized carbons (Fsp3) is 0.273. The number of fused-ring (bicyclic) bond motifs is 1. The van der Waals surface area contributed by atoms with E-state index < -0.39 is 0 Å². The number of nitrogens with zero attached hydrogens (tertiary/aromatic N) is 2. The third-order valence-corrected chi connectivity index (χ3v) is 4.59. The van der Waals surface area contributed by atoms with Gasteiger partial charge in [0.05, 0.1) is 32.4 Å². The van der Waals surface area contributed by atoms with Crippen LogP contribution in [-0.2, 0) is 11.3 Å². The highest BCUT2D eigenvalue weighted by atomic mass is 16.5. The summed E-state index contributed by atoms with van der Waals surface area (Å²) in [6.45, 7) is 3.11. The number of hydrogen-bond acceptors (Lipinski definition) is 5. The first-order valence-corrected chi connectivity index (χ1v) is 9.25. The third-order valence-electron chi connectivity index (χ3n) is 4.59. The molecule has 0 unspecified atom stereocenters. The molecule has 2 aromatic carbocycles. The van der Waals surface area contributed by atoms with Crippen molar-refractivity contribution in [1.82, 2.24) is 14.9 Å². The van der Waals surface area contributed by atoms with Crippen molar-refractivity contribution in [2.24, 2.45) is 0 Å². The van der Waals surface area contributed by atoms with Crippen LogP contribution < -0.4 is 19.5 Å². The third kappa shape index (κ3) is 4.51. The zero-order chi connectivity index (χ0) is 20.8. The second kappa shape index (κ2) is 9.14. The van der Waals surface area contributed by atoms with E-state index in [4.69, 9.17) is 14.2 Å². The summed E-state index contributed by atoms with van der Waals surface area (Å²) in [6.07, 6.45) is 3.19. The minimum absolute atomic E-state index is 0.180. The Morgan fingerprint density at radius 3 is 2.45 bits per heavy atom. The highest BCUT2D eigenvalue weighted by Crippen LogP contribution is 2.38. The van der Waals surface area contributed by atoms with Crippen molar-refractivity contribution in [2.75, 3.05) is 27.9 Å². The molecule has 1 N–H and O–H groups in total. The van der Waals surface area contributed by atoms with Crippen LogP contribution in [0.5, 0.6) is 17.2 Å². The van der Waals surface area contributed by atoms with E-state index in [2.05, 4.69) is 14.9 Å². The zero-order valence-corrected chi connectivity index (χ0v) is 17.1. The van der Waals surface area contributed by atoms with Crippen LogP contribution in [-0.4, -0.2) is 43.3 Å². The first kappa shape index (κ1) is 20.3. The van der Waals surface area contributed by atoms with Crippen LogP contribution in [0.1, 0.15) is 11.4 Å². The largest absolute Gasteiger partial charge is 0.493 e. The number of ether oxygens (including phenoxy) is 3. The molecule has 7 nitrogen and oxygen atoms in total. The predicted octanol–water partition coefficient (Wildman–Crippen LogP) is 3.20. The van der Waals surface area contributed by atoms with Gasteiger partial charge in [-0.05, 0) is 42.8 Å². The van der Waals surface area contributed by atoms with E-state index >= 15 is 0 Å². The number of benzene rings is 2. The highest BCUT2D eigenvalue weighted by molar-refractivity contribution is 5.91. The first-order valence-electron chi connectivity index (χ1n) is 9.25. The van der Waals surface area contributed by atoms with Gasteiger partial charge in [0, 0.05) is 19.2 Å². The second-order valence-electron chi connectivity index (χ2n) is 6.38. The number of nitrogens with one attached hydrogen (secondary N) is 1. The first-order chi connectivity index (χ1) is 14.1. The molecule has 0 bridgehead atoms. The summed E-state index contributed by atoms with van der Waals surface area (Å²) >= 11 is 0. The van der Waals surface area contributed by atoms with E-state index in [-0.39, 0.29) is 5.91 Å². The zero-order valence-electron chi connectivity index (χ0n) is 17.1. The lowest BCUT2D eigenvalue weighted by molar-refractivity contribution is -0.116. The maximum Gasteiger partial charge on any atom is 0.244 e. The Balaban J connectivity index is 1.63. The number of amides is 1. The van der Waals surface area contributed by atoms with Gasteiger partial charge < -0.3 is 24.1 Å². The monoisotopic (exact) mass is 395 g/mol. The maximum atomic E-state index is 12.2. The van der Waals surface area contributed by atoms with E-state index in [0.717, 1.165) is 22.4 Å². The van der Waals surface area contributed by atoms with Crippen molar-refractivity contribution in [2.45, 2.75) is 13.5 Å². The fourth-order valence-electron chi connectivity index (χ4n) is 3.20. The summed E-state index contributed by atoms with van der Waals surface area (Å²) in [5.41, 5.74) is 2.79. The van der Waals surface area contributed by atoms with Gasteiger partial charge in [-0.1, -0.05) is 12.1 Å². The fourth-order valence-corrected chi connectivity index (χ4v) is 3.20. The van der Waals surface area contributed by atoms with Crippen LogP contribution in [0.4, 0.5) is 0 Å². The van der Waals surface area contributed by atoms with Gasteiger partial charge in [-0.3, -0.25) is 4.79 Å². The molecule has 0 saturated carbocycles. The number of methoxy groups -OCH3 is 3. The number of hydrogen-bond donors (Lipinski definition) is 1. The quantitative estimate of drug-likeness (QED) is 0.593. The lowest BCUT2D eigenvalue weighted by Gasteiger charge is -2.12. The van der Waals surface area contributed by atoms with Gasteiger partial charge in [0.2, 0.25) is 11.7 Å². The van der Waals surface area contributed by atoms with Crippen LogP contribution in [0, 0.1) is 6.92 Å². The molecule has 7 heteroatoms. The molecular formula is C22H25N3O4. The van der Waals surface area contributed by atoms with Crippen molar-refractivity contribution in [3.8, 4) is 17.2 Å². The Bertz CT molecular complexity index is 1010.